The normalized spacial score (nSPS) is 29.6. The summed E-state index contributed by atoms with van der Waals surface area (Å²) in [5.74, 6) is 0.786. The number of nitrogens with zero attached hydrogens (tertiary/aromatic N) is 1. The standard InChI is InChI=1S/C17H24N2O2/c1-13-16(18-8-10-21-13)17(20)19-9-7-15(12-19)11-14-5-3-2-4-6-14/h2-6,13,15-16,18H,7-12H2,1H3/t13-,15?,16+/m1/s1. The Morgan fingerprint density at radius 1 is 1.38 bits per heavy atom. The zero-order valence-electron chi connectivity index (χ0n) is 12.6. The fourth-order valence-corrected chi connectivity index (χ4v) is 3.35. The number of ether oxygens (including phenoxy) is 1. The molecule has 3 atom stereocenters. The van der Waals surface area contributed by atoms with E-state index >= 15 is 0 Å². The molecular formula is C17H24N2O2. The minimum Gasteiger partial charge on any atom is -0.375 e. The maximum Gasteiger partial charge on any atom is 0.242 e. The van der Waals surface area contributed by atoms with Gasteiger partial charge in [0.1, 0.15) is 6.04 Å². The summed E-state index contributed by atoms with van der Waals surface area (Å²) >= 11 is 0. The topological polar surface area (TPSA) is 41.6 Å². The molecule has 0 aromatic heterocycles. The fraction of sp³-hybridized carbons (Fsp3) is 0.588. The number of carbonyl (C=O) groups is 1. The lowest BCUT2D eigenvalue weighted by Crippen LogP contribution is -2.56. The first-order valence-corrected chi connectivity index (χ1v) is 7.92. The van der Waals surface area contributed by atoms with Gasteiger partial charge in [0.05, 0.1) is 12.7 Å². The number of carbonyl (C=O) groups excluding carboxylic acids is 1. The third-order valence-corrected chi connectivity index (χ3v) is 4.55. The van der Waals surface area contributed by atoms with Crippen molar-refractivity contribution >= 4 is 5.91 Å². The van der Waals surface area contributed by atoms with Crippen LogP contribution >= 0.6 is 0 Å². The van der Waals surface area contributed by atoms with Gasteiger partial charge >= 0.3 is 0 Å². The summed E-state index contributed by atoms with van der Waals surface area (Å²) in [7, 11) is 0. The fourth-order valence-electron chi connectivity index (χ4n) is 3.35. The molecule has 2 heterocycles. The van der Waals surface area contributed by atoms with E-state index < -0.39 is 0 Å². The van der Waals surface area contributed by atoms with E-state index in [1.165, 1.54) is 5.56 Å². The average Bonchev–Trinajstić information content (AvgIpc) is 2.97. The Morgan fingerprint density at radius 2 is 2.19 bits per heavy atom. The van der Waals surface area contributed by atoms with Gasteiger partial charge in [0.2, 0.25) is 5.91 Å². The maximum atomic E-state index is 12.6. The Bertz CT molecular complexity index is 477. The van der Waals surface area contributed by atoms with Crippen LogP contribution in [0.3, 0.4) is 0 Å². The Kier molecular flexibility index (Phi) is 4.56. The van der Waals surface area contributed by atoms with Gasteiger partial charge in [0.15, 0.2) is 0 Å². The minimum absolute atomic E-state index is 0.0283. The number of amides is 1. The van der Waals surface area contributed by atoms with E-state index in [2.05, 4.69) is 29.6 Å². The third-order valence-electron chi connectivity index (χ3n) is 4.55. The molecule has 0 bridgehead atoms. The number of rotatable bonds is 3. The summed E-state index contributed by atoms with van der Waals surface area (Å²) in [6.45, 7) is 5.19. The number of hydrogen-bond donors (Lipinski definition) is 1. The Morgan fingerprint density at radius 3 is 2.95 bits per heavy atom. The SMILES string of the molecule is C[C@H]1OCCN[C@@H]1C(=O)N1CCC(Cc2ccccc2)C1. The highest BCUT2D eigenvalue weighted by Crippen LogP contribution is 2.22. The molecule has 2 fully saturated rings. The number of hydrogen-bond acceptors (Lipinski definition) is 3. The van der Waals surface area contributed by atoms with E-state index in [9.17, 15) is 4.79 Å². The summed E-state index contributed by atoms with van der Waals surface area (Å²) in [6, 6.07) is 10.4. The van der Waals surface area contributed by atoms with Gasteiger partial charge < -0.3 is 15.0 Å². The predicted octanol–water partition coefficient (Wildman–Crippen LogP) is 1.45. The zero-order chi connectivity index (χ0) is 14.7. The lowest BCUT2D eigenvalue weighted by Gasteiger charge is -2.32. The van der Waals surface area contributed by atoms with Crippen molar-refractivity contribution < 1.29 is 9.53 Å². The lowest BCUT2D eigenvalue weighted by molar-refractivity contribution is -0.138. The molecule has 1 amide bonds. The van der Waals surface area contributed by atoms with E-state index in [1.54, 1.807) is 0 Å². The first-order valence-electron chi connectivity index (χ1n) is 7.92. The molecule has 0 saturated carbocycles. The van der Waals surface area contributed by atoms with Gasteiger partial charge in [-0.25, -0.2) is 0 Å². The second-order valence-corrected chi connectivity index (χ2v) is 6.14. The molecule has 0 spiro atoms. The zero-order valence-corrected chi connectivity index (χ0v) is 12.6. The Balaban J connectivity index is 1.55. The molecule has 0 radical (unpaired) electrons. The monoisotopic (exact) mass is 288 g/mol. The van der Waals surface area contributed by atoms with Crippen LogP contribution in [-0.4, -0.2) is 49.2 Å². The molecule has 21 heavy (non-hydrogen) atoms. The van der Waals surface area contributed by atoms with Gasteiger partial charge in [-0.1, -0.05) is 30.3 Å². The van der Waals surface area contributed by atoms with Crippen molar-refractivity contribution in [3.63, 3.8) is 0 Å². The molecule has 2 aliphatic rings. The molecule has 4 heteroatoms. The van der Waals surface area contributed by atoms with Crippen LogP contribution in [0.1, 0.15) is 18.9 Å². The van der Waals surface area contributed by atoms with Gasteiger partial charge in [-0.05, 0) is 31.2 Å². The van der Waals surface area contributed by atoms with E-state index in [0.29, 0.717) is 12.5 Å². The van der Waals surface area contributed by atoms with Crippen molar-refractivity contribution in [2.24, 2.45) is 5.92 Å². The van der Waals surface area contributed by atoms with E-state index in [0.717, 1.165) is 32.5 Å². The first-order chi connectivity index (χ1) is 10.2. The predicted molar refractivity (Wildman–Crippen MR) is 82.0 cm³/mol. The number of benzene rings is 1. The lowest BCUT2D eigenvalue weighted by atomic mass is 9.99. The molecule has 114 valence electrons. The molecular weight excluding hydrogens is 264 g/mol. The molecule has 0 aliphatic carbocycles. The van der Waals surface area contributed by atoms with Crippen molar-refractivity contribution in [2.75, 3.05) is 26.2 Å². The van der Waals surface area contributed by atoms with Crippen molar-refractivity contribution in [2.45, 2.75) is 31.9 Å². The Labute approximate surface area is 126 Å². The first kappa shape index (κ1) is 14.5. The summed E-state index contributed by atoms with van der Waals surface area (Å²) < 4.78 is 5.58. The van der Waals surface area contributed by atoms with E-state index in [4.69, 9.17) is 4.74 Å². The molecule has 1 unspecified atom stereocenters. The molecule has 1 N–H and O–H groups in total. The number of nitrogens with one attached hydrogen (secondary N) is 1. The highest BCUT2D eigenvalue weighted by atomic mass is 16.5. The third kappa shape index (κ3) is 3.44. The van der Waals surface area contributed by atoms with Gasteiger partial charge in [-0.2, -0.15) is 0 Å². The molecule has 2 aliphatic heterocycles. The van der Waals surface area contributed by atoms with Crippen molar-refractivity contribution in [1.29, 1.82) is 0 Å². The maximum absolute atomic E-state index is 12.6. The smallest absolute Gasteiger partial charge is 0.242 e. The van der Waals surface area contributed by atoms with Crippen molar-refractivity contribution in [1.82, 2.24) is 10.2 Å². The van der Waals surface area contributed by atoms with Gasteiger partial charge in [0.25, 0.3) is 0 Å². The quantitative estimate of drug-likeness (QED) is 0.915. The van der Waals surface area contributed by atoms with Crippen molar-refractivity contribution in [3.8, 4) is 0 Å². The Hall–Kier alpha value is -1.39. The molecule has 1 aromatic rings. The van der Waals surface area contributed by atoms with Crippen LogP contribution in [0.4, 0.5) is 0 Å². The summed E-state index contributed by atoms with van der Waals surface area (Å²) in [5, 5.41) is 3.29. The van der Waals surface area contributed by atoms with E-state index in [1.807, 2.05) is 17.9 Å². The second-order valence-electron chi connectivity index (χ2n) is 6.14. The highest BCUT2D eigenvalue weighted by Gasteiger charge is 2.35. The second kappa shape index (κ2) is 6.58. The van der Waals surface area contributed by atoms with Crippen LogP contribution in [-0.2, 0) is 16.0 Å². The molecule has 1 aromatic carbocycles. The van der Waals surface area contributed by atoms with Crippen LogP contribution in [0.15, 0.2) is 30.3 Å². The van der Waals surface area contributed by atoms with Crippen LogP contribution in [0.5, 0.6) is 0 Å². The summed E-state index contributed by atoms with van der Waals surface area (Å²) in [4.78, 5) is 14.6. The number of morpholine rings is 1. The van der Waals surface area contributed by atoms with Crippen LogP contribution < -0.4 is 5.32 Å². The van der Waals surface area contributed by atoms with Gasteiger partial charge in [-0.15, -0.1) is 0 Å². The van der Waals surface area contributed by atoms with E-state index in [-0.39, 0.29) is 18.1 Å². The molecule has 3 rings (SSSR count). The average molecular weight is 288 g/mol. The summed E-state index contributed by atoms with van der Waals surface area (Å²) in [6.07, 6.45) is 2.14. The molecule has 2 saturated heterocycles. The highest BCUT2D eigenvalue weighted by molar-refractivity contribution is 5.83. The number of likely N-dealkylation sites (tertiary alicyclic amines) is 1. The molecule has 4 nitrogen and oxygen atoms in total. The summed E-state index contributed by atoms with van der Waals surface area (Å²) in [5.41, 5.74) is 1.37. The van der Waals surface area contributed by atoms with Gasteiger partial charge in [0, 0.05) is 19.6 Å². The largest absolute Gasteiger partial charge is 0.375 e. The van der Waals surface area contributed by atoms with Crippen LogP contribution in [0, 0.1) is 5.92 Å². The van der Waals surface area contributed by atoms with Crippen molar-refractivity contribution in [3.05, 3.63) is 35.9 Å². The van der Waals surface area contributed by atoms with Crippen LogP contribution in [0.25, 0.3) is 0 Å². The van der Waals surface area contributed by atoms with Gasteiger partial charge in [-0.3, -0.25) is 4.79 Å². The minimum atomic E-state index is -0.172. The van der Waals surface area contributed by atoms with Crippen LogP contribution in [0.2, 0.25) is 0 Å².